The van der Waals surface area contributed by atoms with Crippen molar-refractivity contribution in [1.82, 2.24) is 5.32 Å². The highest BCUT2D eigenvalue weighted by Crippen LogP contribution is 2.21. The summed E-state index contributed by atoms with van der Waals surface area (Å²) in [7, 11) is 1.62. The first-order valence-corrected chi connectivity index (χ1v) is 5.83. The Bertz CT molecular complexity index is 402. The Morgan fingerprint density at radius 1 is 1.29 bits per heavy atom. The lowest BCUT2D eigenvalue weighted by Gasteiger charge is -2.21. The van der Waals surface area contributed by atoms with Gasteiger partial charge >= 0.3 is 0 Å². The van der Waals surface area contributed by atoms with Gasteiger partial charge in [-0.15, -0.1) is 0 Å². The average molecular weight is 235 g/mol. The molecule has 0 aromatic heterocycles. The summed E-state index contributed by atoms with van der Waals surface area (Å²) < 4.78 is 0. The summed E-state index contributed by atoms with van der Waals surface area (Å²) >= 11 is 0. The van der Waals surface area contributed by atoms with Crippen LogP contribution in [0.1, 0.15) is 31.1 Å². The fourth-order valence-electron chi connectivity index (χ4n) is 1.43. The number of hydrogen-bond acceptors (Lipinski definition) is 3. The van der Waals surface area contributed by atoms with Crippen molar-refractivity contribution in [2.45, 2.75) is 26.8 Å². The number of carbonyl (C=O) groups is 1. The fourth-order valence-corrected chi connectivity index (χ4v) is 1.43. The lowest BCUT2D eigenvalue weighted by Crippen LogP contribution is -2.25. The van der Waals surface area contributed by atoms with Gasteiger partial charge < -0.3 is 16.4 Å². The highest BCUT2D eigenvalue weighted by Gasteiger charge is 2.13. The highest BCUT2D eigenvalue weighted by atomic mass is 16.1. The van der Waals surface area contributed by atoms with Gasteiger partial charge in [0.15, 0.2) is 0 Å². The zero-order chi connectivity index (χ0) is 13.0. The molecule has 0 aliphatic rings. The number of benzene rings is 1. The van der Waals surface area contributed by atoms with Crippen LogP contribution in [-0.4, -0.2) is 19.0 Å². The van der Waals surface area contributed by atoms with E-state index >= 15 is 0 Å². The van der Waals surface area contributed by atoms with E-state index < -0.39 is 0 Å². The molecule has 0 spiro atoms. The van der Waals surface area contributed by atoms with Crippen molar-refractivity contribution in [2.75, 3.05) is 18.1 Å². The molecule has 94 valence electrons. The third-order valence-corrected chi connectivity index (χ3v) is 2.90. The summed E-state index contributed by atoms with van der Waals surface area (Å²) in [5, 5.41) is 5.95. The van der Waals surface area contributed by atoms with Crippen LogP contribution >= 0.6 is 0 Å². The van der Waals surface area contributed by atoms with Crippen LogP contribution in [0, 0.1) is 5.92 Å². The maximum absolute atomic E-state index is 11.7. The molecule has 1 unspecified atom stereocenters. The number of amides is 1. The van der Waals surface area contributed by atoms with Gasteiger partial charge in [0.25, 0.3) is 5.91 Å². The Labute approximate surface area is 103 Å². The molecule has 4 nitrogen and oxygen atoms in total. The fraction of sp³-hybridized carbons (Fsp3) is 0.462. The molecule has 0 saturated heterocycles. The minimum atomic E-state index is -0.108. The molecular formula is C13H21N3O. The molecule has 1 aromatic rings. The van der Waals surface area contributed by atoms with Crippen LogP contribution in [-0.2, 0) is 0 Å². The van der Waals surface area contributed by atoms with E-state index in [0.717, 1.165) is 5.69 Å². The molecule has 1 rings (SSSR count). The Morgan fingerprint density at radius 2 is 1.94 bits per heavy atom. The van der Waals surface area contributed by atoms with Crippen LogP contribution in [0.3, 0.4) is 0 Å². The normalized spacial score (nSPS) is 12.3. The van der Waals surface area contributed by atoms with Gasteiger partial charge in [0.1, 0.15) is 0 Å². The number of anilines is 2. The predicted octanol–water partition coefficient (Wildman–Crippen LogP) is 2.08. The van der Waals surface area contributed by atoms with E-state index in [9.17, 15) is 4.79 Å². The van der Waals surface area contributed by atoms with E-state index in [1.807, 2.05) is 0 Å². The molecule has 0 aliphatic heterocycles. The zero-order valence-corrected chi connectivity index (χ0v) is 10.9. The van der Waals surface area contributed by atoms with Gasteiger partial charge in [-0.3, -0.25) is 4.79 Å². The lowest BCUT2D eigenvalue weighted by atomic mass is 10.0. The third-order valence-electron chi connectivity index (χ3n) is 2.90. The number of rotatable bonds is 4. The van der Waals surface area contributed by atoms with Crippen LogP contribution in [0.2, 0.25) is 0 Å². The molecule has 1 amide bonds. The Hall–Kier alpha value is -1.71. The van der Waals surface area contributed by atoms with Crippen LogP contribution < -0.4 is 16.4 Å². The second kappa shape index (κ2) is 5.57. The first kappa shape index (κ1) is 13.4. The van der Waals surface area contributed by atoms with Crippen molar-refractivity contribution in [1.29, 1.82) is 0 Å². The SMILES string of the molecule is CNC(=O)c1ccc(N)cc1NC(C)C(C)C. The smallest absolute Gasteiger partial charge is 0.253 e. The molecule has 4 N–H and O–H groups in total. The average Bonchev–Trinajstić information content (AvgIpc) is 2.28. The number of nitrogens with two attached hydrogens (primary N) is 1. The Morgan fingerprint density at radius 3 is 2.47 bits per heavy atom. The second-order valence-corrected chi connectivity index (χ2v) is 4.56. The highest BCUT2D eigenvalue weighted by molar-refractivity contribution is 6.00. The quantitative estimate of drug-likeness (QED) is 0.700. The monoisotopic (exact) mass is 235 g/mol. The van der Waals surface area contributed by atoms with Gasteiger partial charge in [0.05, 0.1) is 5.56 Å². The van der Waals surface area contributed by atoms with Gasteiger partial charge in [-0.1, -0.05) is 13.8 Å². The van der Waals surface area contributed by atoms with Crippen LogP contribution in [0.25, 0.3) is 0 Å². The van der Waals surface area contributed by atoms with Gasteiger partial charge in [-0.25, -0.2) is 0 Å². The molecule has 0 aliphatic carbocycles. The molecule has 1 atom stereocenters. The van der Waals surface area contributed by atoms with E-state index in [1.165, 1.54) is 0 Å². The van der Waals surface area contributed by atoms with Gasteiger partial charge in [0, 0.05) is 24.5 Å². The maximum atomic E-state index is 11.7. The van der Waals surface area contributed by atoms with Crippen LogP contribution in [0.5, 0.6) is 0 Å². The number of carbonyl (C=O) groups excluding carboxylic acids is 1. The maximum Gasteiger partial charge on any atom is 0.253 e. The van der Waals surface area contributed by atoms with Gasteiger partial charge in [-0.05, 0) is 31.0 Å². The Kier molecular flexibility index (Phi) is 4.37. The summed E-state index contributed by atoms with van der Waals surface area (Å²) in [5.41, 5.74) is 7.80. The first-order chi connectivity index (χ1) is 7.95. The standard InChI is InChI=1S/C13H21N3O/c1-8(2)9(3)16-12-7-10(14)5-6-11(12)13(17)15-4/h5-9,16H,14H2,1-4H3,(H,15,17). The van der Waals surface area contributed by atoms with E-state index in [4.69, 9.17) is 5.73 Å². The second-order valence-electron chi connectivity index (χ2n) is 4.56. The van der Waals surface area contributed by atoms with E-state index in [-0.39, 0.29) is 11.9 Å². The number of hydrogen-bond donors (Lipinski definition) is 3. The lowest BCUT2D eigenvalue weighted by molar-refractivity contribution is 0.0964. The van der Waals surface area contributed by atoms with Crippen molar-refractivity contribution in [2.24, 2.45) is 5.92 Å². The summed E-state index contributed by atoms with van der Waals surface area (Å²) in [6, 6.07) is 5.54. The minimum Gasteiger partial charge on any atom is -0.399 e. The zero-order valence-electron chi connectivity index (χ0n) is 10.9. The summed E-state index contributed by atoms with van der Waals surface area (Å²) in [5.74, 6) is 0.373. The third kappa shape index (κ3) is 3.37. The Balaban J connectivity index is 3.03. The van der Waals surface area contributed by atoms with Crippen LogP contribution in [0.4, 0.5) is 11.4 Å². The molecule has 0 radical (unpaired) electrons. The molecule has 17 heavy (non-hydrogen) atoms. The first-order valence-electron chi connectivity index (χ1n) is 5.83. The molecule has 0 heterocycles. The van der Waals surface area contributed by atoms with E-state index in [1.54, 1.807) is 25.2 Å². The van der Waals surface area contributed by atoms with Crippen molar-refractivity contribution in [3.8, 4) is 0 Å². The predicted molar refractivity (Wildman–Crippen MR) is 72.2 cm³/mol. The van der Waals surface area contributed by atoms with Crippen molar-refractivity contribution in [3.05, 3.63) is 23.8 Å². The molecular weight excluding hydrogens is 214 g/mol. The number of nitrogen functional groups attached to an aromatic ring is 1. The summed E-state index contributed by atoms with van der Waals surface area (Å²) in [6.45, 7) is 6.34. The minimum absolute atomic E-state index is 0.108. The van der Waals surface area contributed by atoms with E-state index in [0.29, 0.717) is 17.2 Å². The van der Waals surface area contributed by atoms with E-state index in [2.05, 4.69) is 31.4 Å². The topological polar surface area (TPSA) is 67.2 Å². The van der Waals surface area contributed by atoms with Crippen LogP contribution in [0.15, 0.2) is 18.2 Å². The molecule has 1 aromatic carbocycles. The van der Waals surface area contributed by atoms with Crippen molar-refractivity contribution < 1.29 is 4.79 Å². The largest absolute Gasteiger partial charge is 0.399 e. The van der Waals surface area contributed by atoms with Gasteiger partial charge in [0.2, 0.25) is 0 Å². The summed E-state index contributed by atoms with van der Waals surface area (Å²) in [6.07, 6.45) is 0. The molecule has 0 fully saturated rings. The summed E-state index contributed by atoms with van der Waals surface area (Å²) in [4.78, 5) is 11.7. The van der Waals surface area contributed by atoms with Crippen molar-refractivity contribution >= 4 is 17.3 Å². The number of nitrogens with one attached hydrogen (secondary N) is 2. The molecule has 0 saturated carbocycles. The molecule has 4 heteroatoms. The van der Waals surface area contributed by atoms with Gasteiger partial charge in [-0.2, -0.15) is 0 Å². The molecule has 0 bridgehead atoms. The van der Waals surface area contributed by atoms with Crippen molar-refractivity contribution in [3.63, 3.8) is 0 Å².